The topological polar surface area (TPSA) is 98.5 Å². The van der Waals surface area contributed by atoms with E-state index in [4.69, 9.17) is 5.73 Å². The van der Waals surface area contributed by atoms with Gasteiger partial charge in [0, 0.05) is 43.2 Å². The molecule has 1 aliphatic heterocycles. The van der Waals surface area contributed by atoms with Gasteiger partial charge in [0.25, 0.3) is 0 Å². The highest BCUT2D eigenvalue weighted by molar-refractivity contribution is 14.0. The summed E-state index contributed by atoms with van der Waals surface area (Å²) in [5, 5.41) is 7.75. The molecule has 0 spiro atoms. The highest BCUT2D eigenvalue weighted by Gasteiger charge is 2.22. The standard InChI is InChI=1S/C22H33FN6O.HI/c1-25-22(26-9-2-3-11-29-12-7-16(8-13-29)21(24)30)27-10-6-17-15-28-20-14-18(23)4-5-19(17)20;/h4-5,14-16,28H,2-3,6-13H2,1H3,(H2,24,30)(H2,25,26,27);1H. The molecule has 3 rings (SSSR count). The molecule has 5 N–H and O–H groups in total. The van der Waals surface area contributed by atoms with Crippen LogP contribution >= 0.6 is 24.0 Å². The average molecular weight is 544 g/mol. The maximum Gasteiger partial charge on any atom is 0.220 e. The number of hydrogen-bond acceptors (Lipinski definition) is 3. The van der Waals surface area contributed by atoms with Crippen LogP contribution in [-0.2, 0) is 11.2 Å². The van der Waals surface area contributed by atoms with Crippen LogP contribution in [0.15, 0.2) is 29.4 Å². The molecule has 0 atom stereocenters. The zero-order valence-electron chi connectivity index (χ0n) is 18.1. The number of nitrogens with zero attached hydrogens (tertiary/aromatic N) is 2. The minimum atomic E-state index is -0.228. The van der Waals surface area contributed by atoms with Gasteiger partial charge < -0.3 is 26.3 Å². The summed E-state index contributed by atoms with van der Waals surface area (Å²) in [5.41, 5.74) is 7.37. The van der Waals surface area contributed by atoms with Crippen LogP contribution in [0.4, 0.5) is 4.39 Å². The van der Waals surface area contributed by atoms with E-state index < -0.39 is 0 Å². The molecule has 1 aromatic heterocycles. The monoisotopic (exact) mass is 544 g/mol. The van der Waals surface area contributed by atoms with Crippen LogP contribution in [0.25, 0.3) is 10.9 Å². The van der Waals surface area contributed by atoms with Crippen molar-refractivity contribution in [1.82, 2.24) is 20.5 Å². The van der Waals surface area contributed by atoms with E-state index in [1.54, 1.807) is 7.05 Å². The van der Waals surface area contributed by atoms with E-state index in [1.165, 1.54) is 12.1 Å². The number of carbonyl (C=O) groups is 1. The number of carbonyl (C=O) groups excluding carboxylic acids is 1. The van der Waals surface area contributed by atoms with Crippen LogP contribution < -0.4 is 16.4 Å². The summed E-state index contributed by atoms with van der Waals surface area (Å²) >= 11 is 0. The number of piperidine rings is 1. The molecule has 0 unspecified atom stereocenters. The van der Waals surface area contributed by atoms with E-state index in [0.29, 0.717) is 0 Å². The van der Waals surface area contributed by atoms with Gasteiger partial charge >= 0.3 is 0 Å². The molecular formula is C22H34FIN6O. The fraction of sp³-hybridized carbons (Fsp3) is 0.545. The normalized spacial score (nSPS) is 15.6. The molecule has 1 aromatic carbocycles. The molecule has 0 bridgehead atoms. The van der Waals surface area contributed by atoms with Crippen molar-refractivity contribution in [3.05, 3.63) is 35.8 Å². The van der Waals surface area contributed by atoms with Crippen molar-refractivity contribution < 1.29 is 9.18 Å². The number of likely N-dealkylation sites (tertiary alicyclic amines) is 1. The number of rotatable bonds is 9. The van der Waals surface area contributed by atoms with Gasteiger partial charge in [0.05, 0.1) is 0 Å². The number of nitrogens with one attached hydrogen (secondary N) is 3. The summed E-state index contributed by atoms with van der Waals surface area (Å²) in [6.07, 6.45) is 6.70. The van der Waals surface area contributed by atoms with Crippen LogP contribution in [0.5, 0.6) is 0 Å². The lowest BCUT2D eigenvalue weighted by atomic mass is 9.96. The quantitative estimate of drug-likeness (QED) is 0.169. The molecule has 0 radical (unpaired) electrons. The Bertz CT molecular complexity index is 863. The lowest BCUT2D eigenvalue weighted by Crippen LogP contribution is -2.40. The Kier molecular flexibility index (Phi) is 10.5. The highest BCUT2D eigenvalue weighted by Crippen LogP contribution is 2.19. The van der Waals surface area contributed by atoms with Gasteiger partial charge in [-0.2, -0.15) is 0 Å². The molecule has 0 aliphatic carbocycles. The minimum Gasteiger partial charge on any atom is -0.369 e. The van der Waals surface area contributed by atoms with E-state index in [2.05, 4.69) is 25.5 Å². The Balaban J connectivity index is 0.00000341. The largest absolute Gasteiger partial charge is 0.369 e. The van der Waals surface area contributed by atoms with Gasteiger partial charge in [-0.05, 0) is 75.5 Å². The van der Waals surface area contributed by atoms with Gasteiger partial charge in [-0.1, -0.05) is 0 Å². The lowest BCUT2D eigenvalue weighted by molar-refractivity contribution is -0.123. The Morgan fingerprint density at radius 2 is 2.00 bits per heavy atom. The molecule has 2 heterocycles. The van der Waals surface area contributed by atoms with Gasteiger partial charge in [0.2, 0.25) is 5.91 Å². The van der Waals surface area contributed by atoms with Crippen LogP contribution in [-0.4, -0.2) is 61.5 Å². The molecule has 0 saturated carbocycles. The van der Waals surface area contributed by atoms with Crippen molar-refractivity contribution in [3.63, 3.8) is 0 Å². The molecule has 31 heavy (non-hydrogen) atoms. The third-order valence-corrected chi connectivity index (χ3v) is 5.82. The number of benzene rings is 1. The average Bonchev–Trinajstić information content (AvgIpc) is 3.14. The van der Waals surface area contributed by atoms with Crippen LogP contribution in [0.2, 0.25) is 0 Å². The zero-order valence-corrected chi connectivity index (χ0v) is 20.5. The number of hydrogen-bond donors (Lipinski definition) is 4. The Morgan fingerprint density at radius 1 is 1.26 bits per heavy atom. The molecular weight excluding hydrogens is 510 g/mol. The van der Waals surface area contributed by atoms with Crippen LogP contribution in [0.1, 0.15) is 31.2 Å². The second kappa shape index (κ2) is 12.8. The van der Waals surface area contributed by atoms with E-state index >= 15 is 0 Å². The first-order valence-electron chi connectivity index (χ1n) is 10.8. The predicted octanol–water partition coefficient (Wildman–Crippen LogP) is 2.61. The number of aliphatic imine (C=N–C) groups is 1. The van der Waals surface area contributed by atoms with Gasteiger partial charge in [-0.25, -0.2) is 4.39 Å². The number of halogens is 2. The zero-order chi connectivity index (χ0) is 21.3. The highest BCUT2D eigenvalue weighted by atomic mass is 127. The molecule has 9 heteroatoms. The number of fused-ring (bicyclic) bond motifs is 1. The summed E-state index contributed by atoms with van der Waals surface area (Å²) in [6.45, 7) is 4.60. The first-order chi connectivity index (χ1) is 14.6. The summed E-state index contributed by atoms with van der Waals surface area (Å²) < 4.78 is 13.3. The first kappa shape index (κ1) is 25.4. The number of amides is 1. The lowest BCUT2D eigenvalue weighted by Gasteiger charge is -2.30. The van der Waals surface area contributed by atoms with Crippen molar-refractivity contribution in [3.8, 4) is 0 Å². The number of guanidine groups is 1. The molecule has 7 nitrogen and oxygen atoms in total. The third kappa shape index (κ3) is 7.64. The Morgan fingerprint density at radius 3 is 2.71 bits per heavy atom. The molecule has 1 amide bonds. The van der Waals surface area contributed by atoms with Crippen molar-refractivity contribution in [2.24, 2.45) is 16.6 Å². The van der Waals surface area contributed by atoms with Gasteiger partial charge in [0.15, 0.2) is 5.96 Å². The predicted molar refractivity (Wildman–Crippen MR) is 134 cm³/mol. The summed E-state index contributed by atoms with van der Waals surface area (Å²) in [5.74, 6) is 0.469. The van der Waals surface area contributed by atoms with Crippen molar-refractivity contribution in [1.29, 1.82) is 0 Å². The Hall–Kier alpha value is -1.88. The number of nitrogens with two attached hydrogens (primary N) is 1. The van der Waals surface area contributed by atoms with Gasteiger partial charge in [-0.15, -0.1) is 24.0 Å². The first-order valence-corrected chi connectivity index (χ1v) is 10.8. The summed E-state index contributed by atoms with van der Waals surface area (Å²) in [6, 6.07) is 4.83. The SMILES string of the molecule is CN=C(NCCCCN1CCC(C(N)=O)CC1)NCCc1c[nH]c2cc(F)ccc12.I. The number of primary amides is 1. The summed E-state index contributed by atoms with van der Waals surface area (Å²) in [7, 11) is 1.77. The molecule has 1 aliphatic rings. The minimum absolute atomic E-state index is 0. The summed E-state index contributed by atoms with van der Waals surface area (Å²) in [4.78, 5) is 21.0. The maximum atomic E-state index is 13.3. The fourth-order valence-corrected chi connectivity index (χ4v) is 4.01. The third-order valence-electron chi connectivity index (χ3n) is 5.82. The van der Waals surface area contributed by atoms with Crippen molar-refractivity contribution >= 4 is 46.7 Å². The van der Waals surface area contributed by atoms with Crippen LogP contribution in [0, 0.1) is 11.7 Å². The van der Waals surface area contributed by atoms with Gasteiger partial charge in [-0.3, -0.25) is 9.79 Å². The Labute approximate surface area is 200 Å². The fourth-order valence-electron chi connectivity index (χ4n) is 4.01. The molecule has 2 aromatic rings. The van der Waals surface area contributed by atoms with E-state index in [0.717, 1.165) is 87.3 Å². The van der Waals surface area contributed by atoms with E-state index in [-0.39, 0.29) is 41.6 Å². The van der Waals surface area contributed by atoms with E-state index in [9.17, 15) is 9.18 Å². The molecule has 1 fully saturated rings. The number of unbranched alkanes of at least 4 members (excludes halogenated alkanes) is 1. The smallest absolute Gasteiger partial charge is 0.220 e. The number of aromatic amines is 1. The van der Waals surface area contributed by atoms with Crippen LogP contribution in [0.3, 0.4) is 0 Å². The number of H-pyrrole nitrogens is 1. The van der Waals surface area contributed by atoms with Gasteiger partial charge in [0.1, 0.15) is 5.82 Å². The van der Waals surface area contributed by atoms with Crippen molar-refractivity contribution in [2.45, 2.75) is 32.1 Å². The maximum absolute atomic E-state index is 13.3. The second-order valence-corrected chi connectivity index (χ2v) is 7.90. The number of aromatic nitrogens is 1. The molecule has 172 valence electrons. The molecule has 1 saturated heterocycles. The van der Waals surface area contributed by atoms with E-state index in [1.807, 2.05) is 12.3 Å². The van der Waals surface area contributed by atoms with Crippen molar-refractivity contribution in [2.75, 3.05) is 39.8 Å². The second-order valence-electron chi connectivity index (χ2n) is 7.90.